The first-order valence-electron chi connectivity index (χ1n) is 8.18. The van der Waals surface area contributed by atoms with E-state index in [2.05, 4.69) is 22.2 Å². The predicted molar refractivity (Wildman–Crippen MR) is 89.9 cm³/mol. The molecule has 2 aliphatic carbocycles. The minimum atomic E-state index is -0.554. The molecule has 1 saturated carbocycles. The highest BCUT2D eigenvalue weighted by molar-refractivity contribution is 6.03. The summed E-state index contributed by atoms with van der Waals surface area (Å²) < 4.78 is 13.6. The third kappa shape index (κ3) is 2.50. The Morgan fingerprint density at radius 1 is 1.17 bits per heavy atom. The van der Waals surface area contributed by atoms with Crippen LogP contribution >= 0.6 is 0 Å². The molecule has 0 bridgehead atoms. The Kier molecular flexibility index (Phi) is 3.44. The van der Waals surface area contributed by atoms with Crippen LogP contribution in [0.4, 0.5) is 10.2 Å². The van der Waals surface area contributed by atoms with Crippen molar-refractivity contribution in [2.24, 2.45) is 5.41 Å². The van der Waals surface area contributed by atoms with Gasteiger partial charge in [0.2, 0.25) is 0 Å². The molecule has 0 atom stereocenters. The zero-order valence-electron chi connectivity index (χ0n) is 13.5. The van der Waals surface area contributed by atoms with Crippen molar-refractivity contribution in [2.75, 3.05) is 5.32 Å². The molecular weight excluding hydrogens is 305 g/mol. The zero-order valence-corrected chi connectivity index (χ0v) is 13.5. The summed E-state index contributed by atoms with van der Waals surface area (Å²) in [7, 11) is 0. The SMILES string of the molecule is CC1=C(c2cnc(NC(=O)c3ccccc3F)cn2)C2(CC1)CC2. The Morgan fingerprint density at radius 3 is 2.62 bits per heavy atom. The third-order valence-corrected chi connectivity index (χ3v) is 5.06. The van der Waals surface area contributed by atoms with Gasteiger partial charge < -0.3 is 5.32 Å². The highest BCUT2D eigenvalue weighted by Crippen LogP contribution is 2.63. The third-order valence-electron chi connectivity index (χ3n) is 5.06. The molecule has 2 aromatic rings. The number of hydrogen-bond acceptors (Lipinski definition) is 3. The molecule has 1 N–H and O–H groups in total. The largest absolute Gasteiger partial charge is 0.305 e. The van der Waals surface area contributed by atoms with Gasteiger partial charge in [-0.05, 0) is 55.7 Å². The van der Waals surface area contributed by atoms with Crippen LogP contribution in [0.5, 0.6) is 0 Å². The van der Waals surface area contributed by atoms with Gasteiger partial charge in [0, 0.05) is 0 Å². The molecule has 4 rings (SSSR count). The maximum Gasteiger partial charge on any atom is 0.259 e. The van der Waals surface area contributed by atoms with Gasteiger partial charge in [-0.1, -0.05) is 17.7 Å². The van der Waals surface area contributed by atoms with Crippen molar-refractivity contribution in [3.63, 3.8) is 0 Å². The number of amides is 1. The lowest BCUT2D eigenvalue weighted by molar-refractivity contribution is 0.102. The van der Waals surface area contributed by atoms with E-state index in [0.717, 1.165) is 12.1 Å². The first-order valence-corrected chi connectivity index (χ1v) is 8.18. The number of nitrogens with zero attached hydrogens (tertiary/aromatic N) is 2. The molecular formula is C19H18FN3O. The van der Waals surface area contributed by atoms with Gasteiger partial charge in [-0.2, -0.15) is 0 Å². The molecule has 0 unspecified atom stereocenters. The van der Waals surface area contributed by atoms with Crippen molar-refractivity contribution in [3.8, 4) is 0 Å². The van der Waals surface area contributed by atoms with Gasteiger partial charge in [0.25, 0.3) is 5.91 Å². The van der Waals surface area contributed by atoms with Crippen LogP contribution in [-0.2, 0) is 0 Å². The number of nitrogens with one attached hydrogen (secondary N) is 1. The fourth-order valence-electron chi connectivity index (χ4n) is 3.62. The van der Waals surface area contributed by atoms with E-state index < -0.39 is 11.7 Å². The number of carbonyl (C=O) groups is 1. The molecule has 0 saturated heterocycles. The van der Waals surface area contributed by atoms with E-state index in [1.165, 1.54) is 42.5 Å². The number of carbonyl (C=O) groups excluding carboxylic acids is 1. The van der Waals surface area contributed by atoms with Crippen molar-refractivity contribution in [1.29, 1.82) is 0 Å². The Labute approximate surface area is 139 Å². The van der Waals surface area contributed by atoms with Gasteiger partial charge in [-0.15, -0.1) is 0 Å². The summed E-state index contributed by atoms with van der Waals surface area (Å²) in [4.78, 5) is 20.9. The maximum absolute atomic E-state index is 13.6. The van der Waals surface area contributed by atoms with E-state index in [4.69, 9.17) is 0 Å². The Morgan fingerprint density at radius 2 is 1.96 bits per heavy atom. The van der Waals surface area contributed by atoms with E-state index in [0.29, 0.717) is 11.2 Å². The average molecular weight is 323 g/mol. The number of allylic oxidation sites excluding steroid dienone is 2. The van der Waals surface area contributed by atoms with E-state index in [-0.39, 0.29) is 5.56 Å². The van der Waals surface area contributed by atoms with Gasteiger partial charge in [-0.3, -0.25) is 9.78 Å². The van der Waals surface area contributed by atoms with Crippen LogP contribution in [0.15, 0.2) is 42.2 Å². The van der Waals surface area contributed by atoms with E-state index in [1.807, 2.05) is 0 Å². The second kappa shape index (κ2) is 5.51. The fraction of sp³-hybridized carbons (Fsp3) is 0.316. The van der Waals surface area contributed by atoms with E-state index in [1.54, 1.807) is 24.5 Å². The molecule has 0 aliphatic heterocycles. The van der Waals surface area contributed by atoms with Crippen LogP contribution in [-0.4, -0.2) is 15.9 Å². The van der Waals surface area contributed by atoms with Crippen LogP contribution in [0.3, 0.4) is 0 Å². The number of rotatable bonds is 3. The lowest BCUT2D eigenvalue weighted by Gasteiger charge is -2.13. The van der Waals surface area contributed by atoms with Crippen molar-refractivity contribution in [3.05, 3.63) is 59.3 Å². The van der Waals surface area contributed by atoms with E-state index in [9.17, 15) is 9.18 Å². The molecule has 1 spiro atoms. The van der Waals surface area contributed by atoms with Gasteiger partial charge in [0.15, 0.2) is 5.82 Å². The number of halogens is 1. The summed E-state index contributed by atoms with van der Waals surface area (Å²) in [5.41, 5.74) is 3.95. The summed E-state index contributed by atoms with van der Waals surface area (Å²) >= 11 is 0. The Balaban J connectivity index is 1.54. The van der Waals surface area contributed by atoms with E-state index >= 15 is 0 Å². The quantitative estimate of drug-likeness (QED) is 0.920. The minimum absolute atomic E-state index is 0.00495. The van der Waals surface area contributed by atoms with Crippen LogP contribution < -0.4 is 5.32 Å². The normalized spacial score (nSPS) is 18.1. The lowest BCUT2D eigenvalue weighted by atomic mass is 9.95. The smallest absolute Gasteiger partial charge is 0.259 e. The maximum atomic E-state index is 13.6. The number of aromatic nitrogens is 2. The minimum Gasteiger partial charge on any atom is -0.305 e. The first-order chi connectivity index (χ1) is 11.6. The first kappa shape index (κ1) is 15.0. The number of anilines is 1. The molecule has 1 amide bonds. The highest BCUT2D eigenvalue weighted by Gasteiger charge is 2.50. The summed E-state index contributed by atoms with van der Waals surface area (Å²) in [6, 6.07) is 5.87. The summed E-state index contributed by atoms with van der Waals surface area (Å²) in [5.74, 6) is -0.750. The van der Waals surface area contributed by atoms with Gasteiger partial charge >= 0.3 is 0 Å². The van der Waals surface area contributed by atoms with Gasteiger partial charge in [0.1, 0.15) is 5.82 Å². The topological polar surface area (TPSA) is 54.9 Å². The molecule has 24 heavy (non-hydrogen) atoms. The molecule has 1 aromatic heterocycles. The van der Waals surface area contributed by atoms with Crippen LogP contribution in [0.2, 0.25) is 0 Å². The second-order valence-corrected chi connectivity index (χ2v) is 6.66. The zero-order chi connectivity index (χ0) is 16.7. The number of hydrogen-bond donors (Lipinski definition) is 1. The predicted octanol–water partition coefficient (Wildman–Crippen LogP) is 4.22. The molecule has 1 heterocycles. The summed E-state index contributed by atoms with van der Waals surface area (Å²) in [6.07, 6.45) is 8.05. The van der Waals surface area contributed by atoms with Crippen molar-refractivity contribution in [2.45, 2.75) is 32.6 Å². The molecule has 2 aliphatic rings. The Hall–Kier alpha value is -2.56. The fourth-order valence-corrected chi connectivity index (χ4v) is 3.62. The molecule has 1 fully saturated rings. The van der Waals surface area contributed by atoms with Crippen LogP contribution in [0.25, 0.3) is 5.57 Å². The van der Waals surface area contributed by atoms with Gasteiger partial charge in [0.05, 0.1) is 23.7 Å². The molecule has 1 aromatic carbocycles. The van der Waals surface area contributed by atoms with Crippen molar-refractivity contribution >= 4 is 17.3 Å². The van der Waals surface area contributed by atoms with Crippen LogP contribution in [0, 0.1) is 11.2 Å². The number of benzene rings is 1. The van der Waals surface area contributed by atoms with Crippen LogP contribution in [0.1, 0.15) is 48.7 Å². The summed E-state index contributed by atoms with van der Waals surface area (Å²) in [5, 5.41) is 2.60. The standard InChI is InChI=1S/C19H18FN3O/c1-12-6-7-19(8-9-19)17(12)15-10-22-16(11-21-15)23-18(24)13-4-2-3-5-14(13)20/h2-5,10-11H,6-9H2,1H3,(H,22,23,24). The Bertz CT molecular complexity index is 838. The molecule has 122 valence electrons. The molecule has 4 nitrogen and oxygen atoms in total. The summed E-state index contributed by atoms with van der Waals surface area (Å²) in [6.45, 7) is 2.16. The van der Waals surface area contributed by atoms with Gasteiger partial charge in [-0.25, -0.2) is 9.37 Å². The van der Waals surface area contributed by atoms with Crippen molar-refractivity contribution < 1.29 is 9.18 Å². The average Bonchev–Trinajstić information content (AvgIpc) is 3.28. The molecule has 0 radical (unpaired) electrons. The monoisotopic (exact) mass is 323 g/mol. The highest BCUT2D eigenvalue weighted by atomic mass is 19.1. The lowest BCUT2D eigenvalue weighted by Crippen LogP contribution is -2.15. The van der Waals surface area contributed by atoms with Crippen molar-refractivity contribution in [1.82, 2.24) is 9.97 Å². The second-order valence-electron chi connectivity index (χ2n) is 6.66. The molecule has 5 heteroatoms.